The van der Waals surface area contributed by atoms with E-state index in [-0.39, 0.29) is 12.5 Å². The predicted octanol–water partition coefficient (Wildman–Crippen LogP) is 2.34. The number of carbonyl (C=O) groups excluding carboxylic acids is 1. The van der Waals surface area contributed by atoms with Gasteiger partial charge in [0.15, 0.2) is 0 Å². The summed E-state index contributed by atoms with van der Waals surface area (Å²) in [7, 11) is 0. The number of carbonyl (C=O) groups is 1. The van der Waals surface area contributed by atoms with Gasteiger partial charge in [-0.3, -0.25) is 4.79 Å². The maximum Gasteiger partial charge on any atom is 0.251 e. The molecule has 2 rings (SSSR count). The Morgan fingerprint density at radius 3 is 2.80 bits per heavy atom. The van der Waals surface area contributed by atoms with Gasteiger partial charge in [-0.05, 0) is 49.8 Å². The van der Waals surface area contributed by atoms with Gasteiger partial charge in [-0.15, -0.1) is 0 Å². The quantitative estimate of drug-likeness (QED) is 0.811. The van der Waals surface area contributed by atoms with Crippen LogP contribution in [0.3, 0.4) is 0 Å². The van der Waals surface area contributed by atoms with Gasteiger partial charge in [0.25, 0.3) is 5.91 Å². The third-order valence-corrected chi connectivity index (χ3v) is 3.79. The molecule has 20 heavy (non-hydrogen) atoms. The molecule has 0 aromatic heterocycles. The van der Waals surface area contributed by atoms with Crippen molar-refractivity contribution >= 4 is 5.91 Å². The minimum absolute atomic E-state index is 0.0304. The van der Waals surface area contributed by atoms with Gasteiger partial charge in [-0.25, -0.2) is 0 Å². The summed E-state index contributed by atoms with van der Waals surface area (Å²) in [6.07, 6.45) is 4.51. The van der Waals surface area contributed by atoms with Crippen molar-refractivity contribution in [3.05, 3.63) is 35.4 Å². The summed E-state index contributed by atoms with van der Waals surface area (Å²) in [5, 5.41) is 11.8. The molecule has 0 unspecified atom stereocenters. The number of benzene rings is 1. The van der Waals surface area contributed by atoms with Crippen molar-refractivity contribution in [2.45, 2.75) is 38.6 Å². The van der Waals surface area contributed by atoms with Crippen LogP contribution >= 0.6 is 0 Å². The maximum atomic E-state index is 12.2. The van der Waals surface area contributed by atoms with Crippen LogP contribution < -0.4 is 5.32 Å². The number of aliphatic hydroxyl groups excluding tert-OH is 1. The lowest BCUT2D eigenvalue weighted by atomic mass is 9.87. The van der Waals surface area contributed by atoms with Gasteiger partial charge in [0.2, 0.25) is 0 Å². The monoisotopic (exact) mass is 271 g/mol. The molecule has 1 aromatic rings. The van der Waals surface area contributed by atoms with Gasteiger partial charge in [0, 0.05) is 17.2 Å². The Labute approximate surface area is 120 Å². The third-order valence-electron chi connectivity index (χ3n) is 3.79. The van der Waals surface area contributed by atoms with Gasteiger partial charge < -0.3 is 10.4 Å². The van der Waals surface area contributed by atoms with E-state index in [0.717, 1.165) is 24.3 Å². The van der Waals surface area contributed by atoms with Crippen molar-refractivity contribution in [3.63, 3.8) is 0 Å². The highest BCUT2D eigenvalue weighted by Gasteiger charge is 2.20. The Kier molecular flexibility index (Phi) is 5.20. The predicted molar refractivity (Wildman–Crippen MR) is 79.3 cm³/mol. The van der Waals surface area contributed by atoms with E-state index < -0.39 is 0 Å². The average molecular weight is 271 g/mol. The molecule has 0 atom stereocenters. The SMILES string of the molecule is CC1CCC(NC(=O)c2cccc(C#CCO)c2)CC1. The summed E-state index contributed by atoms with van der Waals surface area (Å²) in [6.45, 7) is 2.10. The van der Waals surface area contributed by atoms with E-state index in [4.69, 9.17) is 5.11 Å². The summed E-state index contributed by atoms with van der Waals surface area (Å²) >= 11 is 0. The van der Waals surface area contributed by atoms with E-state index >= 15 is 0 Å². The van der Waals surface area contributed by atoms with Crippen molar-refractivity contribution in [1.82, 2.24) is 5.32 Å². The number of hydrogen-bond donors (Lipinski definition) is 2. The minimum Gasteiger partial charge on any atom is -0.384 e. The van der Waals surface area contributed by atoms with Crippen LogP contribution in [0.2, 0.25) is 0 Å². The van der Waals surface area contributed by atoms with Gasteiger partial charge in [0.1, 0.15) is 6.61 Å². The van der Waals surface area contributed by atoms with Crippen molar-refractivity contribution in [1.29, 1.82) is 0 Å². The largest absolute Gasteiger partial charge is 0.384 e. The molecule has 1 aliphatic rings. The second kappa shape index (κ2) is 7.12. The molecule has 0 spiro atoms. The molecule has 1 amide bonds. The van der Waals surface area contributed by atoms with Gasteiger partial charge >= 0.3 is 0 Å². The Balaban J connectivity index is 1.98. The van der Waals surface area contributed by atoms with E-state index in [1.165, 1.54) is 12.8 Å². The van der Waals surface area contributed by atoms with Crippen molar-refractivity contribution < 1.29 is 9.90 Å². The molecule has 0 aliphatic heterocycles. The molecular formula is C17H21NO2. The first-order chi connectivity index (χ1) is 9.69. The van der Waals surface area contributed by atoms with E-state index in [2.05, 4.69) is 24.1 Å². The molecule has 0 heterocycles. The van der Waals surface area contributed by atoms with Crippen LogP contribution in [0.15, 0.2) is 24.3 Å². The average Bonchev–Trinajstić information content (AvgIpc) is 2.48. The zero-order chi connectivity index (χ0) is 14.4. The first-order valence-electron chi connectivity index (χ1n) is 7.19. The molecule has 0 radical (unpaired) electrons. The second-order valence-electron chi connectivity index (χ2n) is 5.47. The van der Waals surface area contributed by atoms with E-state index in [0.29, 0.717) is 11.6 Å². The topological polar surface area (TPSA) is 49.3 Å². The normalized spacial score (nSPS) is 21.7. The molecule has 106 valence electrons. The number of aliphatic hydroxyl groups is 1. The summed E-state index contributed by atoms with van der Waals surface area (Å²) < 4.78 is 0. The number of nitrogens with one attached hydrogen (secondary N) is 1. The lowest BCUT2D eigenvalue weighted by molar-refractivity contribution is 0.0923. The fraction of sp³-hybridized carbons (Fsp3) is 0.471. The summed E-state index contributed by atoms with van der Waals surface area (Å²) in [4.78, 5) is 12.2. The molecular weight excluding hydrogens is 250 g/mol. The van der Waals surface area contributed by atoms with E-state index in [1.54, 1.807) is 12.1 Å². The minimum atomic E-state index is -0.170. The van der Waals surface area contributed by atoms with Gasteiger partial charge in [-0.2, -0.15) is 0 Å². The molecule has 3 heteroatoms. The van der Waals surface area contributed by atoms with Crippen molar-refractivity contribution in [2.24, 2.45) is 5.92 Å². The Hall–Kier alpha value is -1.79. The first kappa shape index (κ1) is 14.6. The zero-order valence-corrected chi connectivity index (χ0v) is 11.9. The van der Waals surface area contributed by atoms with Crippen LogP contribution in [0.1, 0.15) is 48.5 Å². The molecule has 2 N–H and O–H groups in total. The number of amides is 1. The standard InChI is InChI=1S/C17H21NO2/c1-13-7-9-16(10-8-13)18-17(20)15-6-2-4-14(12-15)5-3-11-19/h2,4,6,12-13,16,19H,7-11H2,1H3,(H,18,20). The molecule has 1 fully saturated rings. The maximum absolute atomic E-state index is 12.2. The van der Waals surface area contributed by atoms with Crippen LogP contribution in [0.25, 0.3) is 0 Å². The lowest BCUT2D eigenvalue weighted by Gasteiger charge is -2.26. The van der Waals surface area contributed by atoms with E-state index in [9.17, 15) is 4.79 Å². The molecule has 0 saturated heterocycles. The smallest absolute Gasteiger partial charge is 0.251 e. The van der Waals surface area contributed by atoms with Crippen molar-refractivity contribution in [2.75, 3.05) is 6.61 Å². The first-order valence-corrected chi connectivity index (χ1v) is 7.19. The van der Waals surface area contributed by atoms with Crippen LogP contribution in [0.4, 0.5) is 0 Å². The van der Waals surface area contributed by atoms with Gasteiger partial charge in [-0.1, -0.05) is 24.8 Å². The Bertz CT molecular complexity index is 519. The molecule has 1 saturated carbocycles. The molecule has 0 bridgehead atoms. The van der Waals surface area contributed by atoms with Crippen LogP contribution in [0.5, 0.6) is 0 Å². The summed E-state index contributed by atoms with van der Waals surface area (Å²) in [5.41, 5.74) is 1.39. The summed E-state index contributed by atoms with van der Waals surface area (Å²) in [5.74, 6) is 6.16. The van der Waals surface area contributed by atoms with Crippen LogP contribution in [-0.2, 0) is 0 Å². The highest BCUT2D eigenvalue weighted by atomic mass is 16.2. The Morgan fingerprint density at radius 1 is 1.35 bits per heavy atom. The van der Waals surface area contributed by atoms with Gasteiger partial charge in [0.05, 0.1) is 0 Å². The second-order valence-corrected chi connectivity index (χ2v) is 5.47. The fourth-order valence-electron chi connectivity index (χ4n) is 2.55. The zero-order valence-electron chi connectivity index (χ0n) is 11.9. The number of hydrogen-bond acceptors (Lipinski definition) is 2. The highest BCUT2D eigenvalue weighted by molar-refractivity contribution is 5.94. The van der Waals surface area contributed by atoms with Crippen LogP contribution in [0, 0.1) is 17.8 Å². The Morgan fingerprint density at radius 2 is 2.10 bits per heavy atom. The fourth-order valence-corrected chi connectivity index (χ4v) is 2.55. The van der Waals surface area contributed by atoms with E-state index in [1.807, 2.05) is 12.1 Å². The molecule has 1 aliphatic carbocycles. The highest BCUT2D eigenvalue weighted by Crippen LogP contribution is 2.23. The number of rotatable bonds is 2. The molecule has 1 aromatic carbocycles. The van der Waals surface area contributed by atoms with Crippen molar-refractivity contribution in [3.8, 4) is 11.8 Å². The van der Waals surface area contributed by atoms with Crippen LogP contribution in [-0.4, -0.2) is 23.7 Å². The lowest BCUT2D eigenvalue weighted by Crippen LogP contribution is -2.37. The summed E-state index contributed by atoms with van der Waals surface area (Å²) in [6, 6.07) is 7.51. The molecule has 3 nitrogen and oxygen atoms in total. The third kappa shape index (κ3) is 4.11.